The molecule has 0 unspecified atom stereocenters. The van der Waals surface area contributed by atoms with Crippen molar-refractivity contribution in [2.75, 3.05) is 7.11 Å². The lowest BCUT2D eigenvalue weighted by molar-refractivity contribution is 0.103. The fourth-order valence-corrected chi connectivity index (χ4v) is 1.20. The molecule has 5 heteroatoms. The molecule has 1 N–H and O–H groups in total. The minimum atomic E-state index is -0.129. The predicted molar refractivity (Wildman–Crippen MR) is 52.8 cm³/mol. The number of carbonyl (C=O) groups is 1. The highest BCUT2D eigenvalue weighted by molar-refractivity contribution is 6.08. The zero-order valence-electron chi connectivity index (χ0n) is 8.10. The number of methoxy groups -OCH3 is 1. The van der Waals surface area contributed by atoms with E-state index in [-0.39, 0.29) is 5.78 Å². The van der Waals surface area contributed by atoms with Gasteiger partial charge in [0, 0.05) is 18.0 Å². The Labute approximate surface area is 86.1 Å². The Morgan fingerprint density at radius 1 is 1.33 bits per heavy atom. The summed E-state index contributed by atoms with van der Waals surface area (Å²) >= 11 is 0. The van der Waals surface area contributed by atoms with Gasteiger partial charge in [0.05, 0.1) is 25.1 Å². The number of ketones is 1. The first kappa shape index (κ1) is 9.39. The third-order valence-corrected chi connectivity index (χ3v) is 1.97. The van der Waals surface area contributed by atoms with Crippen molar-refractivity contribution in [1.29, 1.82) is 0 Å². The average molecular weight is 203 g/mol. The molecule has 0 aliphatic heterocycles. The van der Waals surface area contributed by atoms with E-state index in [0.717, 1.165) is 0 Å². The summed E-state index contributed by atoms with van der Waals surface area (Å²) in [6.07, 6.45) is 6.06. The molecule has 0 spiro atoms. The summed E-state index contributed by atoms with van der Waals surface area (Å²) in [5.41, 5.74) is 0.987. The van der Waals surface area contributed by atoms with Gasteiger partial charge in [-0.25, -0.2) is 0 Å². The van der Waals surface area contributed by atoms with Crippen molar-refractivity contribution in [3.63, 3.8) is 0 Å². The maximum Gasteiger partial charge on any atom is 0.197 e. The maximum absolute atomic E-state index is 11.8. The summed E-state index contributed by atoms with van der Waals surface area (Å²) in [4.78, 5) is 15.7. The molecule has 0 saturated carbocycles. The second-order valence-corrected chi connectivity index (χ2v) is 2.93. The van der Waals surface area contributed by atoms with E-state index in [1.165, 1.54) is 19.5 Å². The summed E-state index contributed by atoms with van der Waals surface area (Å²) < 4.78 is 4.98. The first-order valence-corrected chi connectivity index (χ1v) is 4.34. The molecule has 0 saturated heterocycles. The topological polar surface area (TPSA) is 67.9 Å². The molecule has 15 heavy (non-hydrogen) atoms. The highest BCUT2D eigenvalue weighted by atomic mass is 16.5. The van der Waals surface area contributed by atoms with Gasteiger partial charge in [-0.15, -0.1) is 0 Å². The van der Waals surface area contributed by atoms with Crippen molar-refractivity contribution in [1.82, 2.24) is 15.2 Å². The maximum atomic E-state index is 11.8. The minimum Gasteiger partial charge on any atom is -0.495 e. The molecule has 0 aliphatic carbocycles. The second-order valence-electron chi connectivity index (χ2n) is 2.93. The molecule has 76 valence electrons. The van der Waals surface area contributed by atoms with E-state index in [0.29, 0.717) is 16.9 Å². The summed E-state index contributed by atoms with van der Waals surface area (Å²) in [6.45, 7) is 0. The molecule has 0 fully saturated rings. The Bertz CT molecular complexity index is 465. The Kier molecular flexibility index (Phi) is 2.45. The number of pyridine rings is 1. The molecule has 2 aromatic rings. The van der Waals surface area contributed by atoms with Crippen molar-refractivity contribution in [2.45, 2.75) is 0 Å². The van der Waals surface area contributed by atoms with Gasteiger partial charge in [0.15, 0.2) is 5.78 Å². The first-order valence-electron chi connectivity index (χ1n) is 4.34. The van der Waals surface area contributed by atoms with Gasteiger partial charge in [-0.05, 0) is 6.07 Å². The van der Waals surface area contributed by atoms with E-state index in [1.807, 2.05) is 0 Å². The Morgan fingerprint density at radius 2 is 2.20 bits per heavy atom. The number of nitrogens with zero attached hydrogens (tertiary/aromatic N) is 2. The first-order chi connectivity index (χ1) is 7.31. The second kappa shape index (κ2) is 3.91. The number of rotatable bonds is 3. The molecule has 0 aromatic carbocycles. The van der Waals surface area contributed by atoms with Crippen LogP contribution in [0.2, 0.25) is 0 Å². The van der Waals surface area contributed by atoms with Crippen LogP contribution in [0.3, 0.4) is 0 Å². The number of hydrogen-bond donors (Lipinski definition) is 1. The van der Waals surface area contributed by atoms with Crippen LogP contribution in [0.4, 0.5) is 0 Å². The molecular weight excluding hydrogens is 194 g/mol. The monoisotopic (exact) mass is 203 g/mol. The summed E-state index contributed by atoms with van der Waals surface area (Å²) in [6, 6.07) is 1.64. The van der Waals surface area contributed by atoms with Crippen molar-refractivity contribution in [2.24, 2.45) is 0 Å². The number of aromatic amines is 1. The highest BCUT2D eigenvalue weighted by Crippen LogP contribution is 2.13. The van der Waals surface area contributed by atoms with E-state index >= 15 is 0 Å². The molecule has 5 nitrogen and oxygen atoms in total. The predicted octanol–water partition coefficient (Wildman–Crippen LogP) is 1.04. The number of nitrogens with one attached hydrogen (secondary N) is 1. The van der Waals surface area contributed by atoms with Crippen molar-refractivity contribution >= 4 is 5.78 Å². The number of carbonyl (C=O) groups excluding carboxylic acids is 1. The molecule has 2 heterocycles. The average Bonchev–Trinajstić information content (AvgIpc) is 2.81. The fourth-order valence-electron chi connectivity index (χ4n) is 1.20. The van der Waals surface area contributed by atoms with Crippen LogP contribution in [0.25, 0.3) is 0 Å². The molecule has 0 radical (unpaired) electrons. The largest absolute Gasteiger partial charge is 0.495 e. The lowest BCUT2D eigenvalue weighted by Crippen LogP contribution is -2.00. The fraction of sp³-hybridized carbons (Fsp3) is 0.100. The number of ether oxygens (including phenoxy) is 1. The van der Waals surface area contributed by atoms with Gasteiger partial charge in [-0.3, -0.25) is 14.9 Å². The van der Waals surface area contributed by atoms with Crippen LogP contribution in [0.1, 0.15) is 15.9 Å². The van der Waals surface area contributed by atoms with Crippen molar-refractivity contribution < 1.29 is 9.53 Å². The van der Waals surface area contributed by atoms with Gasteiger partial charge in [0.2, 0.25) is 0 Å². The molecule has 0 aliphatic rings. The molecule has 2 aromatic heterocycles. The van der Waals surface area contributed by atoms with E-state index in [2.05, 4.69) is 15.2 Å². The Balaban J connectivity index is 2.34. The van der Waals surface area contributed by atoms with Gasteiger partial charge in [0.1, 0.15) is 5.75 Å². The minimum absolute atomic E-state index is 0.129. The van der Waals surface area contributed by atoms with Gasteiger partial charge in [-0.2, -0.15) is 5.10 Å². The number of hydrogen-bond acceptors (Lipinski definition) is 4. The van der Waals surface area contributed by atoms with Gasteiger partial charge >= 0.3 is 0 Å². The smallest absolute Gasteiger partial charge is 0.197 e. The number of H-pyrrole nitrogens is 1. The van der Waals surface area contributed by atoms with Crippen LogP contribution in [-0.4, -0.2) is 28.1 Å². The van der Waals surface area contributed by atoms with Crippen LogP contribution >= 0.6 is 0 Å². The Hall–Kier alpha value is -2.17. The van der Waals surface area contributed by atoms with Crippen molar-refractivity contribution in [3.05, 3.63) is 42.0 Å². The molecular formula is C10H9N3O2. The van der Waals surface area contributed by atoms with E-state index in [1.54, 1.807) is 18.5 Å². The lowest BCUT2D eigenvalue weighted by Gasteiger charge is -2.01. The highest BCUT2D eigenvalue weighted by Gasteiger charge is 2.10. The van der Waals surface area contributed by atoms with Crippen LogP contribution in [0.5, 0.6) is 5.75 Å². The summed E-state index contributed by atoms with van der Waals surface area (Å²) in [5.74, 6) is 0.430. The SMILES string of the molecule is COc1cncc(C(=O)c2cn[nH]c2)c1. The van der Waals surface area contributed by atoms with Crippen LogP contribution in [0.15, 0.2) is 30.9 Å². The molecule has 0 bridgehead atoms. The van der Waals surface area contributed by atoms with E-state index in [9.17, 15) is 4.79 Å². The van der Waals surface area contributed by atoms with Crippen molar-refractivity contribution in [3.8, 4) is 5.75 Å². The third-order valence-electron chi connectivity index (χ3n) is 1.97. The van der Waals surface area contributed by atoms with Crippen LogP contribution < -0.4 is 4.74 Å². The van der Waals surface area contributed by atoms with Crippen LogP contribution in [-0.2, 0) is 0 Å². The van der Waals surface area contributed by atoms with E-state index in [4.69, 9.17) is 4.74 Å². The quantitative estimate of drug-likeness (QED) is 0.757. The molecule has 0 amide bonds. The van der Waals surface area contributed by atoms with Gasteiger partial charge < -0.3 is 4.74 Å². The molecule has 2 rings (SSSR count). The summed E-state index contributed by atoms with van der Waals surface area (Å²) in [5, 5.41) is 6.30. The number of aromatic nitrogens is 3. The zero-order chi connectivity index (χ0) is 10.7. The Morgan fingerprint density at radius 3 is 2.87 bits per heavy atom. The lowest BCUT2D eigenvalue weighted by atomic mass is 10.1. The summed E-state index contributed by atoms with van der Waals surface area (Å²) in [7, 11) is 1.53. The van der Waals surface area contributed by atoms with Crippen LogP contribution in [0, 0.1) is 0 Å². The normalized spacial score (nSPS) is 9.93. The van der Waals surface area contributed by atoms with Gasteiger partial charge in [0.25, 0.3) is 0 Å². The third kappa shape index (κ3) is 1.85. The van der Waals surface area contributed by atoms with E-state index < -0.39 is 0 Å². The zero-order valence-corrected chi connectivity index (χ0v) is 8.10. The molecule has 0 atom stereocenters. The van der Waals surface area contributed by atoms with Gasteiger partial charge in [-0.1, -0.05) is 0 Å². The standard InChI is InChI=1S/C10H9N3O2/c1-15-9-2-7(3-11-6-9)10(14)8-4-12-13-5-8/h2-6H,1H3,(H,12,13).